The minimum absolute atomic E-state index is 0.109. The molecule has 0 aromatic carbocycles. The fourth-order valence-corrected chi connectivity index (χ4v) is 2.33. The molecular weight excluding hydrogens is 294 g/mol. The Morgan fingerprint density at radius 2 is 2.22 bits per heavy atom. The van der Waals surface area contributed by atoms with E-state index in [0.717, 1.165) is 11.1 Å². The van der Waals surface area contributed by atoms with Gasteiger partial charge in [0.05, 0.1) is 18.2 Å². The summed E-state index contributed by atoms with van der Waals surface area (Å²) in [5.74, 6) is -0.248. The summed E-state index contributed by atoms with van der Waals surface area (Å²) >= 11 is 0. The van der Waals surface area contributed by atoms with E-state index in [1.165, 1.54) is 13.3 Å². The second-order valence-corrected chi connectivity index (χ2v) is 4.76. The van der Waals surface area contributed by atoms with Gasteiger partial charge < -0.3 is 13.9 Å². The summed E-state index contributed by atoms with van der Waals surface area (Å²) in [5, 5.41) is 9.38. The van der Waals surface area contributed by atoms with Crippen molar-refractivity contribution >= 4 is 11.5 Å². The number of hydrogen-bond donors (Lipinski definition) is 0. The molecule has 0 amide bonds. The van der Waals surface area contributed by atoms with Crippen LogP contribution in [0.1, 0.15) is 21.6 Å². The van der Waals surface area contributed by atoms with Gasteiger partial charge in [0.25, 0.3) is 0 Å². The van der Waals surface area contributed by atoms with Gasteiger partial charge in [-0.05, 0) is 24.3 Å². The average Bonchev–Trinajstić information content (AvgIpc) is 2.97. The Labute approximate surface area is 132 Å². The third-order valence-electron chi connectivity index (χ3n) is 3.41. The van der Waals surface area contributed by atoms with Crippen molar-refractivity contribution in [3.63, 3.8) is 0 Å². The third-order valence-corrected chi connectivity index (χ3v) is 3.41. The zero-order valence-corrected chi connectivity index (χ0v) is 12.4. The van der Waals surface area contributed by atoms with E-state index in [1.54, 1.807) is 12.1 Å². The van der Waals surface area contributed by atoms with Gasteiger partial charge in [-0.25, -0.2) is 9.78 Å². The first-order valence-corrected chi connectivity index (χ1v) is 6.89. The number of nitrogens with zero attached hydrogens (tertiary/aromatic N) is 3. The maximum absolute atomic E-state index is 11.7. The zero-order valence-electron chi connectivity index (χ0n) is 12.4. The van der Waals surface area contributed by atoms with E-state index in [4.69, 9.17) is 4.74 Å². The van der Waals surface area contributed by atoms with Crippen LogP contribution in [0.15, 0.2) is 48.9 Å². The highest BCUT2D eigenvalue weighted by molar-refractivity contribution is 5.90. The van der Waals surface area contributed by atoms with E-state index < -0.39 is 5.97 Å². The van der Waals surface area contributed by atoms with Gasteiger partial charge in [-0.3, -0.25) is 0 Å². The first-order valence-electron chi connectivity index (χ1n) is 6.89. The molecule has 23 heavy (non-hydrogen) atoms. The second kappa shape index (κ2) is 6.20. The lowest BCUT2D eigenvalue weighted by atomic mass is 10.2. The van der Waals surface area contributed by atoms with Crippen molar-refractivity contribution in [2.75, 3.05) is 7.11 Å². The van der Waals surface area contributed by atoms with Gasteiger partial charge in [0.1, 0.15) is 12.7 Å². The van der Waals surface area contributed by atoms with E-state index in [1.807, 2.05) is 35.0 Å². The number of carbonyl (C=O) groups excluding carboxylic acids is 1. The fourth-order valence-electron chi connectivity index (χ4n) is 2.33. The van der Waals surface area contributed by atoms with Gasteiger partial charge >= 0.3 is 5.97 Å². The number of rotatable bonds is 4. The molecule has 0 aliphatic carbocycles. The molecule has 3 aromatic heterocycles. The van der Waals surface area contributed by atoms with Crippen molar-refractivity contribution in [2.24, 2.45) is 0 Å². The molecule has 0 fully saturated rings. The van der Waals surface area contributed by atoms with Crippen LogP contribution in [0.4, 0.5) is 0 Å². The average molecular weight is 307 g/mol. The SMILES string of the molecule is COC(=O)c1ncccc1OCc1cn2ccccc2c1C#N. The minimum atomic E-state index is -0.567. The van der Waals surface area contributed by atoms with Gasteiger partial charge in [-0.15, -0.1) is 0 Å². The van der Waals surface area contributed by atoms with Gasteiger partial charge in [-0.1, -0.05) is 6.07 Å². The number of esters is 1. The Hall–Kier alpha value is -3.33. The number of fused-ring (bicyclic) bond motifs is 1. The third kappa shape index (κ3) is 2.72. The van der Waals surface area contributed by atoms with Crippen molar-refractivity contribution in [1.82, 2.24) is 9.38 Å². The van der Waals surface area contributed by atoms with Crippen molar-refractivity contribution in [1.29, 1.82) is 5.26 Å². The molecule has 0 saturated carbocycles. The summed E-state index contributed by atoms with van der Waals surface area (Å²) in [6.07, 6.45) is 5.19. The zero-order chi connectivity index (χ0) is 16.2. The first-order chi connectivity index (χ1) is 11.2. The molecule has 3 rings (SSSR count). The molecule has 0 bridgehead atoms. The van der Waals surface area contributed by atoms with Crippen molar-refractivity contribution < 1.29 is 14.3 Å². The summed E-state index contributed by atoms with van der Waals surface area (Å²) in [6, 6.07) is 11.1. The summed E-state index contributed by atoms with van der Waals surface area (Å²) in [4.78, 5) is 15.7. The van der Waals surface area contributed by atoms with Crippen molar-refractivity contribution in [2.45, 2.75) is 6.61 Å². The van der Waals surface area contributed by atoms with Gasteiger partial charge in [0.15, 0.2) is 11.4 Å². The quantitative estimate of drug-likeness (QED) is 0.692. The van der Waals surface area contributed by atoms with Gasteiger partial charge in [0, 0.05) is 24.2 Å². The first kappa shape index (κ1) is 14.6. The number of carbonyl (C=O) groups is 1. The molecule has 0 aliphatic heterocycles. The van der Waals surface area contributed by atoms with E-state index in [-0.39, 0.29) is 12.3 Å². The highest BCUT2D eigenvalue weighted by atomic mass is 16.5. The summed E-state index contributed by atoms with van der Waals surface area (Å²) < 4.78 is 12.2. The molecule has 3 heterocycles. The van der Waals surface area contributed by atoms with Crippen LogP contribution in [0.3, 0.4) is 0 Å². The van der Waals surface area contributed by atoms with Crippen LogP contribution in [0.25, 0.3) is 5.52 Å². The normalized spacial score (nSPS) is 10.3. The molecule has 0 unspecified atom stereocenters. The van der Waals surface area contributed by atoms with Crippen LogP contribution in [0.2, 0.25) is 0 Å². The van der Waals surface area contributed by atoms with Crippen LogP contribution in [-0.2, 0) is 11.3 Å². The Morgan fingerprint density at radius 3 is 3.00 bits per heavy atom. The van der Waals surface area contributed by atoms with E-state index in [9.17, 15) is 10.1 Å². The predicted molar refractivity (Wildman–Crippen MR) is 82.0 cm³/mol. The lowest BCUT2D eigenvalue weighted by Crippen LogP contribution is -2.08. The van der Waals surface area contributed by atoms with E-state index >= 15 is 0 Å². The molecule has 0 N–H and O–H groups in total. The van der Waals surface area contributed by atoms with E-state index in [2.05, 4.69) is 15.8 Å². The molecule has 0 saturated heterocycles. The number of pyridine rings is 2. The smallest absolute Gasteiger partial charge is 0.360 e. The summed E-state index contributed by atoms with van der Waals surface area (Å²) in [6.45, 7) is 0.153. The predicted octanol–water partition coefficient (Wildman–Crippen LogP) is 2.57. The molecule has 0 atom stereocenters. The standard InChI is InChI=1S/C17H13N3O3/c1-22-17(21)16-15(6-4-7-19-16)23-11-12-10-20-8-3-2-5-14(20)13(12)9-18/h2-8,10H,11H2,1H3. The number of nitriles is 1. The molecule has 0 spiro atoms. The molecule has 6 nitrogen and oxygen atoms in total. The monoisotopic (exact) mass is 307 g/mol. The Balaban J connectivity index is 1.90. The van der Waals surface area contributed by atoms with Crippen LogP contribution < -0.4 is 4.74 Å². The largest absolute Gasteiger partial charge is 0.486 e. The fraction of sp³-hybridized carbons (Fsp3) is 0.118. The second-order valence-electron chi connectivity index (χ2n) is 4.76. The lowest BCUT2D eigenvalue weighted by Gasteiger charge is -2.08. The summed E-state index contributed by atoms with van der Waals surface area (Å²) in [7, 11) is 1.29. The number of hydrogen-bond acceptors (Lipinski definition) is 5. The Kier molecular flexibility index (Phi) is 3.93. The maximum Gasteiger partial charge on any atom is 0.360 e. The van der Waals surface area contributed by atoms with Crippen molar-refractivity contribution in [3.05, 3.63) is 65.7 Å². The van der Waals surface area contributed by atoms with Crippen LogP contribution in [-0.4, -0.2) is 22.5 Å². The Morgan fingerprint density at radius 1 is 1.35 bits per heavy atom. The highest BCUT2D eigenvalue weighted by Crippen LogP contribution is 2.22. The number of methoxy groups -OCH3 is 1. The van der Waals surface area contributed by atoms with E-state index in [0.29, 0.717) is 11.3 Å². The highest BCUT2D eigenvalue weighted by Gasteiger charge is 2.16. The molecule has 0 aliphatic rings. The molecule has 3 aromatic rings. The summed E-state index contributed by atoms with van der Waals surface area (Å²) in [5.41, 5.74) is 2.21. The van der Waals surface area contributed by atoms with Gasteiger partial charge in [-0.2, -0.15) is 5.26 Å². The van der Waals surface area contributed by atoms with Crippen LogP contribution in [0.5, 0.6) is 5.75 Å². The van der Waals surface area contributed by atoms with Gasteiger partial charge in [0.2, 0.25) is 0 Å². The Bertz CT molecular complexity index is 909. The van der Waals surface area contributed by atoms with Crippen LogP contribution >= 0.6 is 0 Å². The topological polar surface area (TPSA) is 76.6 Å². The minimum Gasteiger partial charge on any atom is -0.486 e. The van der Waals surface area contributed by atoms with Crippen LogP contribution in [0, 0.1) is 11.3 Å². The number of ether oxygens (including phenoxy) is 2. The number of aromatic nitrogens is 2. The molecule has 0 radical (unpaired) electrons. The lowest BCUT2D eigenvalue weighted by molar-refractivity contribution is 0.0588. The molecule has 114 valence electrons. The maximum atomic E-state index is 11.7. The molecule has 6 heteroatoms. The molecular formula is C17H13N3O3. The van der Waals surface area contributed by atoms with Crippen molar-refractivity contribution in [3.8, 4) is 11.8 Å².